The molecule has 0 atom stereocenters. The summed E-state index contributed by atoms with van der Waals surface area (Å²) in [6, 6.07) is 0. The lowest BCUT2D eigenvalue weighted by molar-refractivity contribution is -0.927. The highest BCUT2D eigenvalue weighted by Gasteiger charge is 2.24. The number of nitrogens with zero attached hydrogens (tertiary/aromatic N) is 1. The van der Waals surface area contributed by atoms with Crippen molar-refractivity contribution in [3.8, 4) is 0 Å². The van der Waals surface area contributed by atoms with Crippen LogP contribution in [0.2, 0.25) is 0 Å². The van der Waals surface area contributed by atoms with E-state index < -0.39 is 0 Å². The first kappa shape index (κ1) is 26.3. The van der Waals surface area contributed by atoms with Crippen LogP contribution in [0.1, 0.15) is 19.3 Å². The molecule has 3 nitrogen and oxygen atoms in total. The molecule has 0 aromatic rings. The Morgan fingerprint density at radius 2 is 0.893 bits per heavy atom. The zero-order valence-electron chi connectivity index (χ0n) is 18.3. The minimum Gasteiger partial charge on any atom is -0.328 e. The van der Waals surface area contributed by atoms with Crippen LogP contribution in [0, 0.1) is 0 Å². The summed E-state index contributed by atoms with van der Waals surface area (Å²) >= 11 is 0. The van der Waals surface area contributed by atoms with E-state index in [1.807, 2.05) is 24.3 Å². The third kappa shape index (κ3) is 11.9. The Labute approximate surface area is 175 Å². The monoisotopic (exact) mass is 388 g/mol. The van der Waals surface area contributed by atoms with Gasteiger partial charge in [-0.1, -0.05) is 39.5 Å². The molecule has 3 heteroatoms. The summed E-state index contributed by atoms with van der Waals surface area (Å²) in [5.74, 6) is 0. The van der Waals surface area contributed by atoms with Crippen LogP contribution in [0.4, 0.5) is 0 Å². The van der Waals surface area contributed by atoms with Crippen LogP contribution in [0.3, 0.4) is 0 Å². The Morgan fingerprint density at radius 1 is 0.500 bits per heavy atom. The molecule has 0 aromatic heterocycles. The molecule has 0 bridgehead atoms. The Kier molecular flexibility index (Phi) is 16.4. The summed E-state index contributed by atoms with van der Waals surface area (Å²) in [6.07, 6.45) is 15.9. The summed E-state index contributed by atoms with van der Waals surface area (Å²) in [4.78, 5) is 3.08. The lowest BCUT2D eigenvalue weighted by Crippen LogP contribution is -3.11. The van der Waals surface area contributed by atoms with E-state index in [1.165, 1.54) is 43.8 Å². The lowest BCUT2D eigenvalue weighted by Gasteiger charge is -2.37. The predicted octanol–water partition coefficient (Wildman–Crippen LogP) is 1.86. The lowest BCUT2D eigenvalue weighted by atomic mass is 10.2. The number of hydrogen-bond acceptors (Lipinski definition) is 0. The third-order valence-corrected chi connectivity index (χ3v) is 5.34. The van der Waals surface area contributed by atoms with Crippen LogP contribution in [0.15, 0.2) is 75.9 Å². The molecule has 0 amide bonds. The molecule has 0 spiro atoms. The van der Waals surface area contributed by atoms with Crippen LogP contribution >= 0.6 is 0 Å². The summed E-state index contributed by atoms with van der Waals surface area (Å²) in [7, 11) is 0. The molecule has 0 fully saturated rings. The second-order valence-corrected chi connectivity index (χ2v) is 7.76. The average molecular weight is 389 g/mol. The molecule has 0 aliphatic carbocycles. The maximum atomic E-state index is 4.03. The first-order valence-electron chi connectivity index (χ1n) is 10.8. The molecule has 28 heavy (non-hydrogen) atoms. The van der Waals surface area contributed by atoms with Gasteiger partial charge in [0.15, 0.2) is 0 Å². The van der Waals surface area contributed by atoms with E-state index in [1.54, 1.807) is 4.90 Å². The van der Waals surface area contributed by atoms with Crippen molar-refractivity contribution >= 4 is 0 Å². The van der Waals surface area contributed by atoms with Crippen LogP contribution in [0.5, 0.6) is 0 Å². The second-order valence-electron chi connectivity index (χ2n) is 7.76. The van der Waals surface area contributed by atoms with Crippen LogP contribution in [-0.4, -0.2) is 69.9 Å². The topological polar surface area (TPSA) is 8.88 Å². The fourth-order valence-electron chi connectivity index (χ4n) is 3.98. The summed E-state index contributed by atoms with van der Waals surface area (Å²) in [5.41, 5.74) is 0. The van der Waals surface area contributed by atoms with E-state index in [9.17, 15) is 0 Å². The molecule has 2 N–H and O–H groups in total. The summed E-state index contributed by atoms with van der Waals surface area (Å²) in [5, 5.41) is 0. The van der Waals surface area contributed by atoms with Gasteiger partial charge < -0.3 is 14.3 Å². The number of unbranched alkanes of at least 4 members (excludes halogenated alkanes) is 1. The molecule has 0 aromatic carbocycles. The number of nitrogens with one attached hydrogen (secondary N) is 2. The van der Waals surface area contributed by atoms with Crippen molar-refractivity contribution in [1.29, 1.82) is 0 Å². The van der Waals surface area contributed by atoms with Crippen molar-refractivity contribution in [3.05, 3.63) is 75.9 Å². The van der Waals surface area contributed by atoms with Gasteiger partial charge in [-0.3, -0.25) is 0 Å². The molecule has 0 aliphatic heterocycles. The van der Waals surface area contributed by atoms with Crippen molar-refractivity contribution in [3.63, 3.8) is 0 Å². The zero-order valence-corrected chi connectivity index (χ0v) is 18.3. The highest BCUT2D eigenvalue weighted by molar-refractivity contribution is 4.73. The van der Waals surface area contributed by atoms with Crippen molar-refractivity contribution in [2.24, 2.45) is 0 Å². The van der Waals surface area contributed by atoms with E-state index >= 15 is 0 Å². The van der Waals surface area contributed by atoms with Crippen molar-refractivity contribution < 1.29 is 14.3 Å². The van der Waals surface area contributed by atoms with Gasteiger partial charge in [-0.2, -0.15) is 0 Å². The molecule has 158 valence electrons. The Balaban J connectivity index is 4.71. The SMILES string of the molecule is C=CC[NH+](CC=C)CCCC[N+](CC=C)(CC=C)CCC[NH+](CC=C)CC=C. The van der Waals surface area contributed by atoms with Gasteiger partial charge in [-0.25, -0.2) is 0 Å². The average Bonchev–Trinajstić information content (AvgIpc) is 2.66. The van der Waals surface area contributed by atoms with Gasteiger partial charge in [-0.05, 0) is 36.5 Å². The fraction of sp³-hybridized carbons (Fsp3) is 0.520. The largest absolute Gasteiger partial charge is 0.328 e. The summed E-state index contributed by atoms with van der Waals surface area (Å²) in [6.45, 7) is 34.3. The number of rotatable bonds is 21. The first-order valence-corrected chi connectivity index (χ1v) is 10.8. The van der Waals surface area contributed by atoms with Gasteiger partial charge in [0.25, 0.3) is 0 Å². The standard InChI is InChI=1S/C25H44N3/c1-7-16-26(17-8-2)20-13-14-24-28(22-11-5,23-12-6)25-15-21-27(18-9-3)19-10-4/h7-12H,1-6,13-25H2/q+1/p+2. The van der Waals surface area contributed by atoms with Gasteiger partial charge >= 0.3 is 0 Å². The Hall–Kier alpha value is -1.68. The quantitative estimate of drug-likeness (QED) is 0.169. The first-order chi connectivity index (χ1) is 13.6. The van der Waals surface area contributed by atoms with Crippen LogP contribution in [0.25, 0.3) is 0 Å². The van der Waals surface area contributed by atoms with Gasteiger partial charge in [0.2, 0.25) is 0 Å². The smallest absolute Gasteiger partial charge is 0.0973 e. The Morgan fingerprint density at radius 3 is 1.29 bits per heavy atom. The molecule has 0 unspecified atom stereocenters. The molecule has 0 saturated heterocycles. The highest BCUT2D eigenvalue weighted by Crippen LogP contribution is 2.11. The Bertz CT molecular complexity index is 436. The van der Waals surface area contributed by atoms with Crippen LogP contribution in [-0.2, 0) is 0 Å². The maximum Gasteiger partial charge on any atom is 0.0973 e. The van der Waals surface area contributed by atoms with E-state index in [2.05, 4.69) is 51.6 Å². The normalized spacial score (nSPS) is 11.4. The molecular weight excluding hydrogens is 342 g/mol. The molecular formula is C25H46N3+3. The predicted molar refractivity (Wildman–Crippen MR) is 126 cm³/mol. The van der Waals surface area contributed by atoms with Gasteiger partial charge in [0, 0.05) is 19.3 Å². The molecule has 0 aliphatic rings. The van der Waals surface area contributed by atoms with Crippen LogP contribution < -0.4 is 9.80 Å². The minimum atomic E-state index is 1.00. The number of hydrogen-bond donors (Lipinski definition) is 2. The summed E-state index contributed by atoms with van der Waals surface area (Å²) < 4.78 is 1.07. The van der Waals surface area contributed by atoms with Crippen molar-refractivity contribution in [2.75, 3.05) is 65.4 Å². The maximum absolute atomic E-state index is 4.03. The minimum absolute atomic E-state index is 1.00. The number of quaternary nitrogens is 3. The van der Waals surface area contributed by atoms with Gasteiger partial charge in [0.1, 0.15) is 0 Å². The molecule has 0 rings (SSSR count). The van der Waals surface area contributed by atoms with E-state index in [0.717, 1.165) is 50.3 Å². The highest BCUT2D eigenvalue weighted by atomic mass is 15.3. The molecule has 0 saturated carbocycles. The molecule has 0 radical (unpaired) electrons. The van der Waals surface area contributed by atoms with E-state index in [0.29, 0.717) is 0 Å². The fourth-order valence-corrected chi connectivity index (χ4v) is 3.98. The van der Waals surface area contributed by atoms with E-state index in [4.69, 9.17) is 0 Å². The van der Waals surface area contributed by atoms with E-state index in [-0.39, 0.29) is 0 Å². The second kappa shape index (κ2) is 17.4. The third-order valence-electron chi connectivity index (χ3n) is 5.34. The van der Waals surface area contributed by atoms with Gasteiger partial charge in [-0.15, -0.1) is 0 Å². The van der Waals surface area contributed by atoms with Gasteiger partial charge in [0.05, 0.1) is 65.4 Å². The molecule has 0 heterocycles. The van der Waals surface area contributed by atoms with Crippen molar-refractivity contribution in [1.82, 2.24) is 0 Å². The van der Waals surface area contributed by atoms with Crippen molar-refractivity contribution in [2.45, 2.75) is 19.3 Å². The zero-order chi connectivity index (χ0) is 21.1.